The van der Waals surface area contributed by atoms with Crippen molar-refractivity contribution in [2.45, 2.75) is 11.0 Å². The number of sulfonamides is 1. The first kappa shape index (κ1) is 15.6. The number of aliphatic hydroxyl groups is 1. The van der Waals surface area contributed by atoms with Gasteiger partial charge in [-0.1, -0.05) is 30.3 Å². The van der Waals surface area contributed by atoms with Gasteiger partial charge in [-0.15, -0.1) is 11.3 Å². The van der Waals surface area contributed by atoms with Gasteiger partial charge < -0.3 is 10.2 Å². The Bertz CT molecular complexity index is 724. The van der Waals surface area contributed by atoms with Gasteiger partial charge in [0.1, 0.15) is 9.77 Å². The molecule has 21 heavy (non-hydrogen) atoms. The van der Waals surface area contributed by atoms with Gasteiger partial charge >= 0.3 is 5.97 Å². The van der Waals surface area contributed by atoms with Crippen molar-refractivity contribution in [3.05, 3.63) is 52.2 Å². The monoisotopic (exact) mass is 327 g/mol. The van der Waals surface area contributed by atoms with E-state index in [1.165, 1.54) is 11.4 Å². The molecule has 0 saturated carbocycles. The summed E-state index contributed by atoms with van der Waals surface area (Å²) in [5, 5.41) is 20.3. The Hall–Kier alpha value is -1.74. The Labute approximate surface area is 125 Å². The number of benzene rings is 1. The highest BCUT2D eigenvalue weighted by Gasteiger charge is 2.24. The fraction of sp³-hybridized carbons (Fsp3) is 0.154. The minimum Gasteiger partial charge on any atom is -0.477 e. The zero-order valence-corrected chi connectivity index (χ0v) is 12.4. The van der Waals surface area contributed by atoms with E-state index >= 15 is 0 Å². The van der Waals surface area contributed by atoms with E-state index in [1.807, 2.05) is 0 Å². The predicted octanol–water partition coefficient (Wildman–Crippen LogP) is 1.46. The number of aromatic carboxylic acids is 1. The molecule has 0 fully saturated rings. The normalized spacial score (nSPS) is 13.0. The van der Waals surface area contributed by atoms with E-state index in [4.69, 9.17) is 5.11 Å². The van der Waals surface area contributed by atoms with Gasteiger partial charge in [-0.3, -0.25) is 0 Å². The quantitative estimate of drug-likeness (QED) is 0.745. The molecule has 0 aliphatic heterocycles. The molecule has 1 heterocycles. The summed E-state index contributed by atoms with van der Waals surface area (Å²) < 4.78 is 26.4. The summed E-state index contributed by atoms with van der Waals surface area (Å²) >= 11 is 0.834. The molecule has 0 spiro atoms. The highest BCUT2D eigenvalue weighted by molar-refractivity contribution is 7.89. The molecular formula is C13H13NO5S2. The molecule has 0 amide bonds. The highest BCUT2D eigenvalue weighted by Crippen LogP contribution is 2.22. The average molecular weight is 327 g/mol. The Balaban J connectivity index is 2.12. The zero-order valence-electron chi connectivity index (χ0n) is 10.8. The van der Waals surface area contributed by atoms with E-state index in [-0.39, 0.29) is 16.3 Å². The second-order valence-electron chi connectivity index (χ2n) is 4.20. The summed E-state index contributed by atoms with van der Waals surface area (Å²) in [6.45, 7) is -0.235. The Morgan fingerprint density at radius 1 is 1.24 bits per heavy atom. The van der Waals surface area contributed by atoms with Crippen LogP contribution in [0.4, 0.5) is 0 Å². The molecule has 112 valence electrons. The Morgan fingerprint density at radius 2 is 1.90 bits per heavy atom. The molecule has 2 rings (SSSR count). The minimum absolute atomic E-state index is 0.235. The SMILES string of the molecule is O=C(O)c1sccc1S(=O)(=O)NCC(O)c1ccccc1. The minimum atomic E-state index is -3.98. The van der Waals surface area contributed by atoms with Crippen LogP contribution in [-0.2, 0) is 10.0 Å². The smallest absolute Gasteiger partial charge is 0.347 e. The summed E-state index contributed by atoms with van der Waals surface area (Å²) in [4.78, 5) is 10.4. The molecule has 0 bridgehead atoms. The first-order chi connectivity index (χ1) is 9.92. The number of carboxylic acids is 1. The van der Waals surface area contributed by atoms with Gasteiger partial charge in [-0.2, -0.15) is 0 Å². The average Bonchev–Trinajstić information content (AvgIpc) is 2.96. The van der Waals surface area contributed by atoms with Crippen molar-refractivity contribution in [3.8, 4) is 0 Å². The molecular weight excluding hydrogens is 314 g/mol. The second kappa shape index (κ2) is 6.35. The van der Waals surface area contributed by atoms with E-state index < -0.39 is 22.1 Å². The van der Waals surface area contributed by atoms with Gasteiger partial charge in [0.05, 0.1) is 6.10 Å². The lowest BCUT2D eigenvalue weighted by molar-refractivity contribution is 0.0698. The lowest BCUT2D eigenvalue weighted by Gasteiger charge is -2.12. The summed E-state index contributed by atoms with van der Waals surface area (Å²) in [7, 11) is -3.98. The third-order valence-corrected chi connectivity index (χ3v) is 5.26. The van der Waals surface area contributed by atoms with Crippen molar-refractivity contribution in [1.82, 2.24) is 4.72 Å². The van der Waals surface area contributed by atoms with Crippen molar-refractivity contribution in [2.24, 2.45) is 0 Å². The fourth-order valence-electron chi connectivity index (χ4n) is 1.72. The van der Waals surface area contributed by atoms with E-state index in [0.29, 0.717) is 5.56 Å². The maximum absolute atomic E-state index is 12.1. The molecule has 6 nitrogen and oxygen atoms in total. The topological polar surface area (TPSA) is 104 Å². The molecule has 3 N–H and O–H groups in total. The fourth-order valence-corrected chi connectivity index (χ4v) is 4.02. The van der Waals surface area contributed by atoms with E-state index in [0.717, 1.165) is 11.3 Å². The number of aliphatic hydroxyl groups excluding tert-OH is 1. The van der Waals surface area contributed by atoms with Crippen molar-refractivity contribution < 1.29 is 23.4 Å². The molecule has 1 unspecified atom stereocenters. The van der Waals surface area contributed by atoms with Crippen LogP contribution < -0.4 is 4.72 Å². The van der Waals surface area contributed by atoms with Crippen LogP contribution in [0, 0.1) is 0 Å². The number of carboxylic acid groups (broad SMARTS) is 1. The molecule has 0 aliphatic rings. The Morgan fingerprint density at radius 3 is 2.52 bits per heavy atom. The number of thiophene rings is 1. The third kappa shape index (κ3) is 3.67. The van der Waals surface area contributed by atoms with Crippen LogP contribution in [0.15, 0.2) is 46.7 Å². The standard InChI is InChI=1S/C13H13NO5S2/c15-10(9-4-2-1-3-5-9)8-14-21(18,19)11-6-7-20-12(11)13(16)17/h1-7,10,14-15H,8H2,(H,16,17). The van der Waals surface area contributed by atoms with Gasteiger partial charge in [0, 0.05) is 6.54 Å². The first-order valence-corrected chi connectivity index (χ1v) is 8.31. The second-order valence-corrected chi connectivity index (χ2v) is 6.85. The number of carbonyl (C=O) groups is 1. The van der Waals surface area contributed by atoms with Crippen LogP contribution in [0.25, 0.3) is 0 Å². The molecule has 0 aliphatic carbocycles. The van der Waals surface area contributed by atoms with Crippen molar-refractivity contribution >= 4 is 27.3 Å². The van der Waals surface area contributed by atoms with Crippen molar-refractivity contribution in [1.29, 1.82) is 0 Å². The molecule has 1 aromatic carbocycles. The van der Waals surface area contributed by atoms with E-state index in [1.54, 1.807) is 30.3 Å². The number of nitrogens with one attached hydrogen (secondary N) is 1. The van der Waals surface area contributed by atoms with Gasteiger partial charge in [0.25, 0.3) is 0 Å². The summed E-state index contributed by atoms with van der Waals surface area (Å²) in [6, 6.07) is 9.82. The first-order valence-electron chi connectivity index (χ1n) is 5.95. The summed E-state index contributed by atoms with van der Waals surface area (Å²) in [5.41, 5.74) is 0.573. The van der Waals surface area contributed by atoms with E-state index in [2.05, 4.69) is 4.72 Å². The molecule has 1 aromatic heterocycles. The van der Waals surface area contributed by atoms with Crippen LogP contribution >= 0.6 is 11.3 Å². The van der Waals surface area contributed by atoms with Crippen molar-refractivity contribution in [2.75, 3.05) is 6.54 Å². The van der Waals surface area contributed by atoms with Crippen LogP contribution in [0.1, 0.15) is 21.3 Å². The predicted molar refractivity (Wildman–Crippen MR) is 77.9 cm³/mol. The summed E-state index contributed by atoms with van der Waals surface area (Å²) in [5.74, 6) is -1.30. The molecule has 0 saturated heterocycles. The van der Waals surface area contributed by atoms with Gasteiger partial charge in [0.15, 0.2) is 0 Å². The van der Waals surface area contributed by atoms with Gasteiger partial charge in [-0.25, -0.2) is 17.9 Å². The van der Waals surface area contributed by atoms with Crippen LogP contribution in [-0.4, -0.2) is 31.1 Å². The summed E-state index contributed by atoms with van der Waals surface area (Å²) in [6.07, 6.45) is -1.01. The maximum atomic E-state index is 12.1. The number of rotatable bonds is 6. The van der Waals surface area contributed by atoms with Gasteiger partial charge in [0.2, 0.25) is 10.0 Å². The van der Waals surface area contributed by atoms with Crippen molar-refractivity contribution in [3.63, 3.8) is 0 Å². The largest absolute Gasteiger partial charge is 0.477 e. The molecule has 2 aromatic rings. The molecule has 0 radical (unpaired) electrons. The van der Waals surface area contributed by atoms with Gasteiger partial charge in [-0.05, 0) is 17.0 Å². The highest BCUT2D eigenvalue weighted by atomic mass is 32.2. The Kier molecular flexibility index (Phi) is 4.73. The lowest BCUT2D eigenvalue weighted by atomic mass is 10.1. The van der Waals surface area contributed by atoms with Crippen LogP contribution in [0.2, 0.25) is 0 Å². The lowest BCUT2D eigenvalue weighted by Crippen LogP contribution is -2.29. The maximum Gasteiger partial charge on any atom is 0.347 e. The zero-order chi connectivity index (χ0) is 15.5. The number of hydrogen-bond acceptors (Lipinski definition) is 5. The van der Waals surface area contributed by atoms with Crippen LogP contribution in [0.5, 0.6) is 0 Å². The number of hydrogen-bond donors (Lipinski definition) is 3. The molecule has 8 heteroatoms. The van der Waals surface area contributed by atoms with Crippen LogP contribution in [0.3, 0.4) is 0 Å². The molecule has 1 atom stereocenters. The third-order valence-electron chi connectivity index (χ3n) is 2.76. The van der Waals surface area contributed by atoms with E-state index in [9.17, 15) is 18.3 Å².